The molecule has 0 radical (unpaired) electrons. The lowest BCUT2D eigenvalue weighted by atomic mass is 10.1. The predicted octanol–water partition coefficient (Wildman–Crippen LogP) is 2.59. The monoisotopic (exact) mass is 393 g/mol. The van der Waals surface area contributed by atoms with Crippen molar-refractivity contribution in [2.24, 2.45) is 0 Å². The minimum atomic E-state index is -3.29. The van der Waals surface area contributed by atoms with Crippen LogP contribution in [0.4, 0.5) is 14.8 Å². The number of rotatable bonds is 5. The number of amides is 1. The molecule has 0 unspecified atom stereocenters. The number of nitrogens with zero attached hydrogens (tertiary/aromatic N) is 2. The van der Waals surface area contributed by atoms with Gasteiger partial charge in [-0.15, -0.1) is 5.10 Å². The van der Waals surface area contributed by atoms with Crippen LogP contribution in [-0.2, 0) is 16.3 Å². The molecule has 1 heterocycles. The molecule has 7 nitrogen and oxygen atoms in total. The fourth-order valence-electron chi connectivity index (χ4n) is 2.24. The van der Waals surface area contributed by atoms with Gasteiger partial charge in [0.15, 0.2) is 9.84 Å². The maximum absolute atomic E-state index is 13.6. The Hall–Kier alpha value is -3.14. The molecule has 10 heteroatoms. The van der Waals surface area contributed by atoms with Crippen LogP contribution in [0.25, 0.3) is 0 Å². The summed E-state index contributed by atoms with van der Waals surface area (Å²) < 4.78 is 54.6. The van der Waals surface area contributed by atoms with E-state index in [-0.39, 0.29) is 28.8 Å². The Labute approximate surface area is 153 Å². The lowest BCUT2D eigenvalue weighted by Crippen LogP contribution is -2.14. The standard InChI is InChI=1S/C17H13F2N3O4S/c1-27(24,25)12-5-2-10(3-6-12)8-15-21-22-17(26-15)20-16(23)13-7-4-11(18)9-14(13)19/h2-7,9H,8H2,1H3,(H,20,22,23). The molecule has 140 valence electrons. The Balaban J connectivity index is 1.68. The molecule has 2 aromatic carbocycles. The van der Waals surface area contributed by atoms with Crippen LogP contribution in [-0.4, -0.2) is 30.8 Å². The maximum Gasteiger partial charge on any atom is 0.322 e. The number of aromatic nitrogens is 2. The number of nitrogens with one attached hydrogen (secondary N) is 1. The largest absolute Gasteiger partial charge is 0.407 e. The summed E-state index contributed by atoms with van der Waals surface area (Å²) in [7, 11) is -3.29. The smallest absolute Gasteiger partial charge is 0.322 e. The van der Waals surface area contributed by atoms with Gasteiger partial charge in [0.05, 0.1) is 16.9 Å². The highest BCUT2D eigenvalue weighted by atomic mass is 32.2. The fourth-order valence-corrected chi connectivity index (χ4v) is 2.87. The zero-order chi connectivity index (χ0) is 19.6. The number of carbonyl (C=O) groups is 1. The predicted molar refractivity (Wildman–Crippen MR) is 91.0 cm³/mol. The van der Waals surface area contributed by atoms with Crippen LogP contribution in [0.2, 0.25) is 0 Å². The summed E-state index contributed by atoms with van der Waals surface area (Å²) in [5.41, 5.74) is 0.348. The molecule has 0 aliphatic heterocycles. The quantitative estimate of drug-likeness (QED) is 0.715. The Bertz CT molecular complexity index is 1100. The fraction of sp³-hybridized carbons (Fsp3) is 0.118. The van der Waals surface area contributed by atoms with Gasteiger partial charge in [0.2, 0.25) is 5.89 Å². The second kappa shape index (κ2) is 7.23. The van der Waals surface area contributed by atoms with Crippen LogP contribution in [0.3, 0.4) is 0 Å². The highest BCUT2D eigenvalue weighted by molar-refractivity contribution is 7.90. The number of halogens is 2. The van der Waals surface area contributed by atoms with E-state index in [0.717, 1.165) is 18.4 Å². The van der Waals surface area contributed by atoms with Gasteiger partial charge in [-0.2, -0.15) is 0 Å². The zero-order valence-electron chi connectivity index (χ0n) is 13.9. The molecule has 27 heavy (non-hydrogen) atoms. The van der Waals surface area contributed by atoms with Gasteiger partial charge < -0.3 is 4.42 Å². The van der Waals surface area contributed by atoms with Gasteiger partial charge in [-0.3, -0.25) is 10.1 Å². The van der Waals surface area contributed by atoms with Crippen molar-refractivity contribution in [2.45, 2.75) is 11.3 Å². The summed E-state index contributed by atoms with van der Waals surface area (Å²) in [6.07, 6.45) is 1.32. The molecule has 0 fully saturated rings. The minimum Gasteiger partial charge on any atom is -0.407 e. The van der Waals surface area contributed by atoms with Crippen molar-refractivity contribution in [3.05, 3.63) is 71.1 Å². The van der Waals surface area contributed by atoms with E-state index in [1.165, 1.54) is 12.1 Å². The van der Waals surface area contributed by atoms with E-state index in [1.54, 1.807) is 12.1 Å². The molecule has 3 rings (SSSR count). The Kier molecular flexibility index (Phi) is 5.00. The summed E-state index contributed by atoms with van der Waals surface area (Å²) in [4.78, 5) is 12.2. The molecule has 1 amide bonds. The number of sulfone groups is 1. The van der Waals surface area contributed by atoms with E-state index < -0.39 is 27.4 Å². The van der Waals surface area contributed by atoms with Crippen molar-refractivity contribution >= 4 is 21.8 Å². The van der Waals surface area contributed by atoms with Crippen LogP contribution in [0.15, 0.2) is 51.8 Å². The van der Waals surface area contributed by atoms with Crippen LogP contribution < -0.4 is 5.32 Å². The molecule has 0 spiro atoms. The third-order valence-corrected chi connectivity index (χ3v) is 4.70. The first kappa shape index (κ1) is 18.6. The van der Waals surface area contributed by atoms with Gasteiger partial charge in [-0.1, -0.05) is 17.2 Å². The van der Waals surface area contributed by atoms with E-state index in [9.17, 15) is 22.0 Å². The van der Waals surface area contributed by atoms with Crippen LogP contribution in [0.5, 0.6) is 0 Å². The average Bonchev–Trinajstić information content (AvgIpc) is 3.01. The van der Waals surface area contributed by atoms with Crippen molar-refractivity contribution < 1.29 is 26.4 Å². The first-order chi connectivity index (χ1) is 12.7. The average molecular weight is 393 g/mol. The van der Waals surface area contributed by atoms with Crippen LogP contribution >= 0.6 is 0 Å². The number of benzene rings is 2. The highest BCUT2D eigenvalue weighted by Gasteiger charge is 2.16. The molecule has 0 aliphatic rings. The van der Waals surface area contributed by atoms with Crippen molar-refractivity contribution in [3.8, 4) is 0 Å². The molecule has 0 aliphatic carbocycles. The van der Waals surface area contributed by atoms with Gasteiger partial charge in [0.25, 0.3) is 5.91 Å². The van der Waals surface area contributed by atoms with Gasteiger partial charge in [-0.25, -0.2) is 17.2 Å². The Morgan fingerprint density at radius 1 is 1.11 bits per heavy atom. The molecular formula is C17H13F2N3O4S. The topological polar surface area (TPSA) is 102 Å². The minimum absolute atomic E-state index is 0.164. The normalized spacial score (nSPS) is 11.4. The van der Waals surface area contributed by atoms with Gasteiger partial charge in [0, 0.05) is 12.3 Å². The van der Waals surface area contributed by atoms with Crippen molar-refractivity contribution in [2.75, 3.05) is 11.6 Å². The lowest BCUT2D eigenvalue weighted by Gasteiger charge is -2.02. The summed E-state index contributed by atoms with van der Waals surface area (Å²) in [5.74, 6) is -2.51. The third kappa shape index (κ3) is 4.53. The molecular weight excluding hydrogens is 380 g/mol. The number of hydrogen-bond donors (Lipinski definition) is 1. The highest BCUT2D eigenvalue weighted by Crippen LogP contribution is 2.16. The summed E-state index contributed by atoms with van der Waals surface area (Å²) in [6.45, 7) is 0. The molecule has 0 saturated carbocycles. The van der Waals surface area contributed by atoms with E-state index in [1.807, 2.05) is 0 Å². The number of anilines is 1. The van der Waals surface area contributed by atoms with E-state index >= 15 is 0 Å². The second-order valence-electron chi connectivity index (χ2n) is 5.67. The molecule has 1 aromatic heterocycles. The Morgan fingerprint density at radius 2 is 1.81 bits per heavy atom. The number of carbonyl (C=O) groups excluding carboxylic acids is 1. The zero-order valence-corrected chi connectivity index (χ0v) is 14.8. The van der Waals surface area contributed by atoms with Gasteiger partial charge >= 0.3 is 6.01 Å². The SMILES string of the molecule is CS(=O)(=O)c1ccc(Cc2nnc(NC(=O)c3ccc(F)cc3F)o2)cc1. The van der Waals surface area contributed by atoms with Crippen LogP contribution in [0, 0.1) is 11.6 Å². The van der Waals surface area contributed by atoms with Crippen LogP contribution in [0.1, 0.15) is 21.8 Å². The van der Waals surface area contributed by atoms with E-state index in [0.29, 0.717) is 11.6 Å². The van der Waals surface area contributed by atoms with Crippen molar-refractivity contribution in [1.29, 1.82) is 0 Å². The second-order valence-corrected chi connectivity index (χ2v) is 7.69. The third-order valence-electron chi connectivity index (χ3n) is 3.57. The summed E-state index contributed by atoms with van der Waals surface area (Å²) >= 11 is 0. The number of hydrogen-bond acceptors (Lipinski definition) is 6. The lowest BCUT2D eigenvalue weighted by molar-refractivity contribution is 0.102. The first-order valence-electron chi connectivity index (χ1n) is 7.60. The molecule has 3 aromatic rings. The Morgan fingerprint density at radius 3 is 2.44 bits per heavy atom. The molecule has 1 N–H and O–H groups in total. The van der Waals surface area contributed by atoms with Gasteiger partial charge in [-0.05, 0) is 29.8 Å². The van der Waals surface area contributed by atoms with E-state index in [4.69, 9.17) is 4.42 Å². The van der Waals surface area contributed by atoms with E-state index in [2.05, 4.69) is 15.5 Å². The first-order valence-corrected chi connectivity index (χ1v) is 9.49. The van der Waals surface area contributed by atoms with Crippen molar-refractivity contribution in [3.63, 3.8) is 0 Å². The maximum atomic E-state index is 13.6. The molecule has 0 saturated heterocycles. The van der Waals surface area contributed by atoms with Crippen molar-refractivity contribution in [1.82, 2.24) is 10.2 Å². The summed E-state index contributed by atoms with van der Waals surface area (Å²) in [6, 6.07) is 8.43. The van der Waals surface area contributed by atoms with Gasteiger partial charge in [0.1, 0.15) is 11.6 Å². The molecule has 0 atom stereocenters. The summed E-state index contributed by atoms with van der Waals surface area (Å²) in [5, 5.41) is 9.64. The molecule has 0 bridgehead atoms.